The summed E-state index contributed by atoms with van der Waals surface area (Å²) in [6.45, 7) is 5.03. The van der Waals surface area contributed by atoms with Gasteiger partial charge in [-0.3, -0.25) is 4.79 Å². The Bertz CT molecular complexity index is 935. The van der Waals surface area contributed by atoms with Crippen LogP contribution in [0.15, 0.2) is 0 Å². The molecule has 2 saturated heterocycles. The highest BCUT2D eigenvalue weighted by molar-refractivity contribution is 14.1. The third-order valence-electron chi connectivity index (χ3n) is 6.34. The van der Waals surface area contributed by atoms with Crippen LogP contribution in [0.4, 0.5) is 0 Å². The first kappa shape index (κ1) is 29.6. The fraction of sp³-hybridized carbons (Fsp3) is 0.696. The van der Waals surface area contributed by atoms with Crippen LogP contribution < -0.4 is 14.2 Å². The lowest BCUT2D eigenvalue weighted by Gasteiger charge is -2.40. The van der Waals surface area contributed by atoms with Crippen molar-refractivity contribution in [3.63, 3.8) is 0 Å². The van der Waals surface area contributed by atoms with E-state index in [4.69, 9.17) is 28.4 Å². The average molecular weight is 644 g/mol. The molecule has 0 aliphatic carbocycles. The van der Waals surface area contributed by atoms with Crippen LogP contribution in [0.5, 0.6) is 17.2 Å². The standard InChI is InChI=1S/C23H33IO11S/c1-8-13(22(29)36-21-10(3)33-12(26)7-11(21)25)17(30-4)20(32-6)18(14(8)24)35-23-16(28)19(31-5)15(27)9(2)34-23/h9-12,15-16,19,21,23,25-28H,7H2,1-6H3. The van der Waals surface area contributed by atoms with Gasteiger partial charge >= 0.3 is 0 Å². The number of ether oxygens (including phenoxy) is 6. The molecule has 9 atom stereocenters. The summed E-state index contributed by atoms with van der Waals surface area (Å²) in [5.74, 6) is 0.418. The average Bonchev–Trinajstić information content (AvgIpc) is 2.82. The highest BCUT2D eigenvalue weighted by Gasteiger charge is 2.45. The zero-order valence-corrected chi connectivity index (χ0v) is 23.8. The number of carbonyl (C=O) groups excluding carboxylic acids is 1. The Balaban J connectivity index is 1.97. The van der Waals surface area contributed by atoms with Crippen LogP contribution in [0.25, 0.3) is 0 Å². The van der Waals surface area contributed by atoms with Crippen LogP contribution in [0, 0.1) is 10.5 Å². The second-order valence-electron chi connectivity index (χ2n) is 8.69. The summed E-state index contributed by atoms with van der Waals surface area (Å²) >= 11 is 2.90. The van der Waals surface area contributed by atoms with E-state index in [0.29, 0.717) is 9.13 Å². The van der Waals surface area contributed by atoms with Gasteiger partial charge in [0, 0.05) is 13.5 Å². The van der Waals surface area contributed by atoms with Gasteiger partial charge in [-0.05, 0) is 48.9 Å². The summed E-state index contributed by atoms with van der Waals surface area (Å²) in [6, 6.07) is 0. The van der Waals surface area contributed by atoms with Crippen molar-refractivity contribution in [2.45, 2.75) is 81.6 Å². The van der Waals surface area contributed by atoms with Gasteiger partial charge in [0.25, 0.3) is 0 Å². The number of methoxy groups -OCH3 is 3. The summed E-state index contributed by atoms with van der Waals surface area (Å²) in [4.78, 5) is 13.5. The molecule has 0 radical (unpaired) electrons. The lowest BCUT2D eigenvalue weighted by Crippen LogP contribution is -2.59. The Kier molecular flexibility index (Phi) is 10.1. The first-order valence-corrected chi connectivity index (χ1v) is 13.3. The van der Waals surface area contributed by atoms with E-state index in [9.17, 15) is 25.2 Å². The summed E-state index contributed by atoms with van der Waals surface area (Å²) in [6.07, 6.45) is -7.78. The van der Waals surface area contributed by atoms with Crippen molar-refractivity contribution in [3.05, 3.63) is 14.7 Å². The molecule has 2 aliphatic heterocycles. The van der Waals surface area contributed by atoms with E-state index < -0.39 is 54.5 Å². The number of aliphatic hydroxyl groups excluding tert-OH is 4. The molecule has 3 rings (SSSR count). The third-order valence-corrected chi connectivity index (χ3v) is 9.03. The molecule has 0 spiro atoms. The number of halogens is 1. The van der Waals surface area contributed by atoms with Crippen LogP contribution >= 0.6 is 34.4 Å². The van der Waals surface area contributed by atoms with Gasteiger partial charge in [-0.2, -0.15) is 0 Å². The van der Waals surface area contributed by atoms with E-state index in [2.05, 4.69) is 0 Å². The van der Waals surface area contributed by atoms with Gasteiger partial charge in [0.2, 0.25) is 17.2 Å². The monoisotopic (exact) mass is 644 g/mol. The minimum absolute atomic E-state index is 0.00165. The number of benzene rings is 1. The van der Waals surface area contributed by atoms with Crippen LogP contribution in [-0.2, 0) is 14.2 Å². The Labute approximate surface area is 227 Å². The molecule has 0 aromatic heterocycles. The molecular weight excluding hydrogens is 611 g/mol. The maximum absolute atomic E-state index is 13.5. The fourth-order valence-electron chi connectivity index (χ4n) is 4.38. The van der Waals surface area contributed by atoms with Gasteiger partial charge in [-0.1, -0.05) is 11.8 Å². The summed E-state index contributed by atoms with van der Waals surface area (Å²) in [5, 5.41) is 40.1. The van der Waals surface area contributed by atoms with Crippen molar-refractivity contribution < 1.29 is 53.6 Å². The summed E-state index contributed by atoms with van der Waals surface area (Å²) in [7, 11) is 4.15. The lowest BCUT2D eigenvalue weighted by molar-refractivity contribution is -0.273. The summed E-state index contributed by atoms with van der Waals surface area (Å²) < 4.78 is 34.0. The first-order chi connectivity index (χ1) is 17.0. The second kappa shape index (κ2) is 12.3. The summed E-state index contributed by atoms with van der Waals surface area (Å²) in [5.41, 5.74) is 0.756. The lowest BCUT2D eigenvalue weighted by atomic mass is 9.99. The maximum atomic E-state index is 13.5. The fourth-order valence-corrected chi connectivity index (χ4v) is 6.15. The molecule has 1 aromatic carbocycles. The van der Waals surface area contributed by atoms with Crippen molar-refractivity contribution in [2.75, 3.05) is 21.3 Å². The quantitative estimate of drug-likeness (QED) is 0.316. The Morgan fingerprint density at radius 2 is 1.61 bits per heavy atom. The van der Waals surface area contributed by atoms with E-state index in [-0.39, 0.29) is 34.3 Å². The van der Waals surface area contributed by atoms with Crippen molar-refractivity contribution in [1.82, 2.24) is 0 Å². The largest absolute Gasteiger partial charge is 0.492 e. The number of carbonyl (C=O) groups is 1. The highest BCUT2D eigenvalue weighted by atomic mass is 127. The van der Waals surface area contributed by atoms with E-state index in [1.807, 2.05) is 22.6 Å². The van der Waals surface area contributed by atoms with Crippen LogP contribution in [-0.4, -0.2) is 101 Å². The molecular formula is C23H33IO11S. The zero-order chi connectivity index (χ0) is 26.9. The van der Waals surface area contributed by atoms with Crippen molar-refractivity contribution in [3.8, 4) is 17.2 Å². The third kappa shape index (κ3) is 5.73. The molecule has 11 nitrogen and oxygen atoms in total. The van der Waals surface area contributed by atoms with E-state index in [0.717, 1.165) is 11.8 Å². The van der Waals surface area contributed by atoms with E-state index in [1.54, 1.807) is 20.8 Å². The van der Waals surface area contributed by atoms with Crippen LogP contribution in [0.3, 0.4) is 0 Å². The predicted octanol–water partition coefficient (Wildman–Crippen LogP) is 1.21. The number of aliphatic hydroxyl groups is 4. The molecule has 4 N–H and O–H groups in total. The molecule has 2 fully saturated rings. The molecule has 9 unspecified atom stereocenters. The Hall–Kier alpha value is -0.910. The van der Waals surface area contributed by atoms with Gasteiger partial charge in [-0.25, -0.2) is 0 Å². The molecule has 36 heavy (non-hydrogen) atoms. The highest BCUT2D eigenvalue weighted by Crippen LogP contribution is 2.48. The van der Waals surface area contributed by atoms with Gasteiger partial charge in [0.1, 0.15) is 18.3 Å². The smallest absolute Gasteiger partial charge is 0.229 e. The zero-order valence-electron chi connectivity index (χ0n) is 20.8. The van der Waals surface area contributed by atoms with Crippen molar-refractivity contribution in [1.29, 1.82) is 0 Å². The maximum Gasteiger partial charge on any atom is 0.229 e. The van der Waals surface area contributed by atoms with Gasteiger partial charge in [-0.15, -0.1) is 0 Å². The second-order valence-corrected chi connectivity index (χ2v) is 10.9. The number of hydrogen-bond donors (Lipinski definition) is 4. The molecule has 2 aliphatic rings. The molecule has 0 saturated carbocycles. The Morgan fingerprint density at radius 3 is 2.17 bits per heavy atom. The van der Waals surface area contributed by atoms with Crippen LogP contribution in [0.2, 0.25) is 0 Å². The normalized spacial score (nSPS) is 34.8. The molecule has 204 valence electrons. The van der Waals surface area contributed by atoms with Crippen LogP contribution in [0.1, 0.15) is 36.2 Å². The van der Waals surface area contributed by atoms with Gasteiger partial charge in [0.05, 0.1) is 46.9 Å². The number of thioether (sulfide) groups is 1. The van der Waals surface area contributed by atoms with Gasteiger partial charge < -0.3 is 48.8 Å². The van der Waals surface area contributed by atoms with Gasteiger partial charge in [0.15, 0.2) is 17.8 Å². The minimum atomic E-state index is -1.31. The molecule has 2 heterocycles. The molecule has 1 aromatic rings. The van der Waals surface area contributed by atoms with E-state index in [1.165, 1.54) is 21.3 Å². The Morgan fingerprint density at radius 1 is 0.972 bits per heavy atom. The molecule has 13 heteroatoms. The minimum Gasteiger partial charge on any atom is -0.492 e. The topological polar surface area (TPSA) is 153 Å². The SMILES string of the molecule is COc1c(OC2OC(C)C(O)C(OC)C2O)c(I)c(C)c(C(=O)SC2C(O)CC(O)OC2C)c1OC. The predicted molar refractivity (Wildman–Crippen MR) is 138 cm³/mol. The molecule has 0 amide bonds. The molecule has 0 bridgehead atoms. The van der Waals surface area contributed by atoms with Crippen molar-refractivity contribution >= 4 is 39.5 Å². The first-order valence-electron chi connectivity index (χ1n) is 11.3. The van der Waals surface area contributed by atoms with E-state index >= 15 is 0 Å². The van der Waals surface area contributed by atoms with Crippen molar-refractivity contribution in [2.24, 2.45) is 0 Å². The number of rotatable bonds is 7. The number of hydrogen-bond acceptors (Lipinski definition) is 12.